The van der Waals surface area contributed by atoms with Gasteiger partial charge in [-0.05, 0) is 6.07 Å². The Kier molecular flexibility index (Phi) is 5.63. The summed E-state index contributed by atoms with van der Waals surface area (Å²) in [7, 11) is 0. The van der Waals surface area contributed by atoms with Crippen LogP contribution in [0.1, 0.15) is 25.8 Å². The molecule has 0 aliphatic carbocycles. The molecular formula is C13H18FNO2. The van der Waals surface area contributed by atoms with E-state index in [1.54, 1.807) is 18.2 Å². The molecule has 1 N–H and O–H groups in total. The average Bonchev–Trinajstić information content (AvgIpc) is 2.27. The van der Waals surface area contributed by atoms with Gasteiger partial charge in [0, 0.05) is 18.2 Å². The van der Waals surface area contributed by atoms with Gasteiger partial charge in [-0.3, -0.25) is 4.79 Å². The minimum atomic E-state index is -0.347. The van der Waals surface area contributed by atoms with Gasteiger partial charge in [0.05, 0.1) is 6.42 Å². The van der Waals surface area contributed by atoms with Gasteiger partial charge in [0.1, 0.15) is 12.4 Å². The largest absolute Gasteiger partial charge is 0.461 e. The Labute approximate surface area is 101 Å². The van der Waals surface area contributed by atoms with E-state index in [1.165, 1.54) is 6.07 Å². The Bertz CT molecular complexity index is 366. The molecule has 0 fully saturated rings. The van der Waals surface area contributed by atoms with Crippen LogP contribution in [0.3, 0.4) is 0 Å². The summed E-state index contributed by atoms with van der Waals surface area (Å²) in [5.41, 5.74) is 0.401. The first-order chi connectivity index (χ1) is 8.09. The lowest BCUT2D eigenvalue weighted by Crippen LogP contribution is -2.25. The maximum absolute atomic E-state index is 13.2. The second-order valence-corrected chi connectivity index (χ2v) is 4.11. The fourth-order valence-corrected chi connectivity index (χ4v) is 1.31. The van der Waals surface area contributed by atoms with Crippen molar-refractivity contribution >= 4 is 5.97 Å². The van der Waals surface area contributed by atoms with E-state index in [0.29, 0.717) is 24.6 Å². The van der Waals surface area contributed by atoms with Crippen molar-refractivity contribution in [3.8, 4) is 0 Å². The highest BCUT2D eigenvalue weighted by molar-refractivity contribution is 5.69. The van der Waals surface area contributed by atoms with Crippen LogP contribution in [0.5, 0.6) is 0 Å². The molecule has 4 heteroatoms. The van der Waals surface area contributed by atoms with E-state index in [4.69, 9.17) is 4.74 Å². The van der Waals surface area contributed by atoms with E-state index in [-0.39, 0.29) is 18.4 Å². The smallest absolute Gasteiger partial charge is 0.307 e. The van der Waals surface area contributed by atoms with Crippen LogP contribution in [-0.2, 0) is 16.1 Å². The van der Waals surface area contributed by atoms with E-state index in [2.05, 4.69) is 5.32 Å². The molecule has 0 atom stereocenters. The Morgan fingerprint density at radius 3 is 2.76 bits per heavy atom. The molecule has 0 aliphatic heterocycles. The van der Waals surface area contributed by atoms with Crippen molar-refractivity contribution in [2.75, 3.05) is 6.54 Å². The fourth-order valence-electron chi connectivity index (χ4n) is 1.31. The highest BCUT2D eigenvalue weighted by Crippen LogP contribution is 2.07. The predicted molar refractivity (Wildman–Crippen MR) is 64.0 cm³/mol. The Morgan fingerprint density at radius 2 is 2.12 bits per heavy atom. The van der Waals surface area contributed by atoms with Crippen molar-refractivity contribution < 1.29 is 13.9 Å². The molecule has 0 aliphatic rings. The Morgan fingerprint density at radius 1 is 1.41 bits per heavy atom. The molecule has 94 valence electrons. The maximum atomic E-state index is 13.2. The van der Waals surface area contributed by atoms with Crippen LogP contribution in [0.2, 0.25) is 0 Å². The van der Waals surface area contributed by atoms with E-state index in [9.17, 15) is 9.18 Å². The molecule has 1 rings (SSSR count). The van der Waals surface area contributed by atoms with Crippen LogP contribution in [0.25, 0.3) is 0 Å². The zero-order chi connectivity index (χ0) is 12.7. The average molecular weight is 239 g/mol. The standard InChI is InChI=1S/C13H18FNO2/c1-10(2)15-8-7-13(16)17-9-11-5-3-4-6-12(11)14/h3-6,10,15H,7-9H2,1-2H3. The molecule has 0 saturated carbocycles. The first-order valence-electron chi connectivity index (χ1n) is 5.72. The van der Waals surface area contributed by atoms with E-state index >= 15 is 0 Å². The van der Waals surface area contributed by atoms with Gasteiger partial charge in [0.25, 0.3) is 0 Å². The summed E-state index contributed by atoms with van der Waals surface area (Å²) < 4.78 is 18.2. The van der Waals surface area contributed by atoms with Gasteiger partial charge in [-0.2, -0.15) is 0 Å². The zero-order valence-electron chi connectivity index (χ0n) is 10.2. The molecule has 0 bridgehead atoms. The van der Waals surface area contributed by atoms with Crippen LogP contribution < -0.4 is 5.32 Å². The number of benzene rings is 1. The van der Waals surface area contributed by atoms with E-state index < -0.39 is 0 Å². The Balaban J connectivity index is 2.26. The number of carbonyl (C=O) groups excluding carboxylic acids is 1. The van der Waals surface area contributed by atoms with Crippen molar-refractivity contribution in [1.82, 2.24) is 5.32 Å². The van der Waals surface area contributed by atoms with Gasteiger partial charge in [-0.25, -0.2) is 4.39 Å². The van der Waals surface area contributed by atoms with Crippen molar-refractivity contribution in [2.45, 2.75) is 32.9 Å². The van der Waals surface area contributed by atoms with Crippen LogP contribution in [0.4, 0.5) is 4.39 Å². The van der Waals surface area contributed by atoms with Gasteiger partial charge in [0.15, 0.2) is 0 Å². The lowest BCUT2D eigenvalue weighted by molar-refractivity contribution is -0.144. The molecule has 0 saturated heterocycles. The van der Waals surface area contributed by atoms with Crippen molar-refractivity contribution in [3.05, 3.63) is 35.6 Å². The summed E-state index contributed by atoms with van der Waals surface area (Å²) in [4.78, 5) is 11.3. The van der Waals surface area contributed by atoms with Crippen LogP contribution in [0, 0.1) is 5.82 Å². The molecule has 0 radical (unpaired) electrons. The number of halogens is 1. The summed E-state index contributed by atoms with van der Waals surface area (Å²) in [5.74, 6) is -0.665. The molecule has 0 amide bonds. The minimum Gasteiger partial charge on any atom is -0.461 e. The maximum Gasteiger partial charge on any atom is 0.307 e. The van der Waals surface area contributed by atoms with Gasteiger partial charge in [-0.15, -0.1) is 0 Å². The molecule has 0 aromatic heterocycles. The predicted octanol–water partition coefficient (Wildman–Crippen LogP) is 2.26. The Hall–Kier alpha value is -1.42. The summed E-state index contributed by atoms with van der Waals surface area (Å²) in [5, 5.41) is 3.11. The zero-order valence-corrected chi connectivity index (χ0v) is 10.2. The number of nitrogens with one attached hydrogen (secondary N) is 1. The first kappa shape index (κ1) is 13.6. The van der Waals surface area contributed by atoms with E-state index in [1.807, 2.05) is 13.8 Å². The van der Waals surface area contributed by atoms with Crippen molar-refractivity contribution in [2.24, 2.45) is 0 Å². The minimum absolute atomic E-state index is 0.00676. The van der Waals surface area contributed by atoms with Crippen molar-refractivity contribution in [1.29, 1.82) is 0 Å². The number of ether oxygens (including phenoxy) is 1. The highest BCUT2D eigenvalue weighted by Gasteiger charge is 2.06. The third-order valence-corrected chi connectivity index (χ3v) is 2.23. The molecule has 0 spiro atoms. The number of hydrogen-bond donors (Lipinski definition) is 1. The molecule has 1 aromatic carbocycles. The highest BCUT2D eigenvalue weighted by atomic mass is 19.1. The van der Waals surface area contributed by atoms with E-state index in [0.717, 1.165) is 0 Å². The lowest BCUT2D eigenvalue weighted by Gasteiger charge is -2.08. The number of rotatable bonds is 6. The summed E-state index contributed by atoms with van der Waals surface area (Å²) >= 11 is 0. The van der Waals surface area contributed by atoms with Gasteiger partial charge in [0.2, 0.25) is 0 Å². The topological polar surface area (TPSA) is 38.3 Å². The van der Waals surface area contributed by atoms with Gasteiger partial charge >= 0.3 is 5.97 Å². The number of esters is 1. The summed E-state index contributed by atoms with van der Waals surface area (Å²) in [6, 6.07) is 6.62. The quantitative estimate of drug-likeness (QED) is 0.774. The number of hydrogen-bond acceptors (Lipinski definition) is 3. The third-order valence-electron chi connectivity index (χ3n) is 2.23. The normalized spacial score (nSPS) is 10.6. The second kappa shape index (κ2) is 7.01. The number of carbonyl (C=O) groups is 1. The van der Waals surface area contributed by atoms with Crippen LogP contribution in [-0.4, -0.2) is 18.6 Å². The fraction of sp³-hybridized carbons (Fsp3) is 0.462. The molecule has 3 nitrogen and oxygen atoms in total. The van der Waals surface area contributed by atoms with Crippen LogP contribution in [0.15, 0.2) is 24.3 Å². The molecular weight excluding hydrogens is 221 g/mol. The SMILES string of the molecule is CC(C)NCCC(=O)OCc1ccccc1F. The second-order valence-electron chi connectivity index (χ2n) is 4.11. The molecule has 0 heterocycles. The monoisotopic (exact) mass is 239 g/mol. The third kappa shape index (κ3) is 5.45. The lowest BCUT2D eigenvalue weighted by atomic mass is 10.2. The molecule has 1 aromatic rings. The molecule has 17 heavy (non-hydrogen) atoms. The van der Waals surface area contributed by atoms with Crippen LogP contribution >= 0.6 is 0 Å². The first-order valence-corrected chi connectivity index (χ1v) is 5.72. The summed E-state index contributed by atoms with van der Waals surface area (Å²) in [6.07, 6.45) is 0.298. The van der Waals surface area contributed by atoms with Gasteiger partial charge in [-0.1, -0.05) is 32.0 Å². The molecule has 0 unspecified atom stereocenters. The van der Waals surface area contributed by atoms with Crippen molar-refractivity contribution in [3.63, 3.8) is 0 Å². The summed E-state index contributed by atoms with van der Waals surface area (Å²) in [6.45, 7) is 4.58. The van der Waals surface area contributed by atoms with Gasteiger partial charge < -0.3 is 10.1 Å².